The van der Waals surface area contributed by atoms with Crippen LogP contribution in [0.25, 0.3) is 0 Å². The Hall–Kier alpha value is -2.08. The van der Waals surface area contributed by atoms with Crippen molar-refractivity contribution in [3.8, 4) is 5.75 Å². The second-order valence-electron chi connectivity index (χ2n) is 5.97. The van der Waals surface area contributed by atoms with Gasteiger partial charge >= 0.3 is 5.97 Å². The van der Waals surface area contributed by atoms with Gasteiger partial charge in [0.25, 0.3) is 5.91 Å². The number of rotatable bonds is 9. The standard InChI is InChI=1S/C18H25NO5/c1-2-24-18(10-3-4-11-18)17(22)19-12-9-14-5-7-15(8-6-14)23-13-16(20)21/h5-8H,2-4,9-13H2,1H3,(H,19,22)(H,20,21). The molecule has 0 heterocycles. The highest BCUT2D eigenvalue weighted by Gasteiger charge is 2.41. The van der Waals surface area contributed by atoms with Gasteiger partial charge in [-0.15, -0.1) is 0 Å². The van der Waals surface area contributed by atoms with E-state index in [1.54, 1.807) is 12.1 Å². The quantitative estimate of drug-likeness (QED) is 0.722. The predicted octanol–water partition coefficient (Wildman–Crippen LogP) is 2.16. The fourth-order valence-electron chi connectivity index (χ4n) is 3.04. The maximum atomic E-state index is 12.4. The van der Waals surface area contributed by atoms with Gasteiger partial charge in [0, 0.05) is 13.2 Å². The number of nitrogens with one attached hydrogen (secondary N) is 1. The molecule has 0 bridgehead atoms. The highest BCUT2D eigenvalue weighted by molar-refractivity contribution is 5.85. The topological polar surface area (TPSA) is 84.9 Å². The Morgan fingerprint density at radius 3 is 2.46 bits per heavy atom. The Kier molecular flexibility index (Phi) is 6.61. The molecule has 2 N–H and O–H groups in total. The number of aliphatic carboxylic acids is 1. The molecule has 132 valence electrons. The average molecular weight is 335 g/mol. The van der Waals surface area contributed by atoms with Gasteiger partial charge in [0.1, 0.15) is 11.4 Å². The van der Waals surface area contributed by atoms with E-state index >= 15 is 0 Å². The van der Waals surface area contributed by atoms with Crippen LogP contribution in [0.2, 0.25) is 0 Å². The molecule has 1 saturated carbocycles. The maximum absolute atomic E-state index is 12.4. The van der Waals surface area contributed by atoms with Gasteiger partial charge in [-0.3, -0.25) is 4.79 Å². The SMILES string of the molecule is CCOC1(C(=O)NCCc2ccc(OCC(=O)O)cc2)CCCC1. The number of carbonyl (C=O) groups is 2. The minimum atomic E-state index is -1.00. The van der Waals surface area contributed by atoms with Crippen molar-refractivity contribution in [1.82, 2.24) is 5.32 Å². The fraction of sp³-hybridized carbons (Fsp3) is 0.556. The van der Waals surface area contributed by atoms with Crippen LogP contribution in [0.3, 0.4) is 0 Å². The zero-order valence-electron chi connectivity index (χ0n) is 14.0. The molecule has 24 heavy (non-hydrogen) atoms. The van der Waals surface area contributed by atoms with Crippen LogP contribution in [0.4, 0.5) is 0 Å². The lowest BCUT2D eigenvalue weighted by atomic mass is 10.0. The summed E-state index contributed by atoms with van der Waals surface area (Å²) in [6, 6.07) is 7.21. The summed E-state index contributed by atoms with van der Waals surface area (Å²) >= 11 is 0. The third-order valence-electron chi connectivity index (χ3n) is 4.23. The lowest BCUT2D eigenvalue weighted by molar-refractivity contribution is -0.146. The average Bonchev–Trinajstić information content (AvgIpc) is 3.04. The van der Waals surface area contributed by atoms with Crippen LogP contribution in [-0.2, 0) is 20.7 Å². The zero-order valence-corrected chi connectivity index (χ0v) is 14.0. The molecule has 1 amide bonds. The number of amides is 1. The summed E-state index contributed by atoms with van der Waals surface area (Å²) in [6.45, 7) is 2.66. The Labute approximate surface area is 142 Å². The van der Waals surface area contributed by atoms with E-state index in [1.165, 1.54) is 0 Å². The molecule has 0 aromatic heterocycles. The van der Waals surface area contributed by atoms with Crippen LogP contribution in [0.5, 0.6) is 5.75 Å². The third kappa shape index (κ3) is 4.96. The minimum Gasteiger partial charge on any atom is -0.482 e. The molecule has 0 unspecified atom stereocenters. The Morgan fingerprint density at radius 2 is 1.88 bits per heavy atom. The van der Waals surface area contributed by atoms with Crippen molar-refractivity contribution in [1.29, 1.82) is 0 Å². The van der Waals surface area contributed by atoms with E-state index in [0.717, 1.165) is 31.2 Å². The summed E-state index contributed by atoms with van der Waals surface area (Å²) in [5.74, 6) is -0.494. The van der Waals surface area contributed by atoms with Gasteiger partial charge < -0.3 is 19.9 Å². The minimum absolute atomic E-state index is 0.0109. The summed E-state index contributed by atoms with van der Waals surface area (Å²) in [4.78, 5) is 22.9. The van der Waals surface area contributed by atoms with E-state index in [0.29, 0.717) is 25.3 Å². The van der Waals surface area contributed by atoms with Crippen molar-refractivity contribution < 1.29 is 24.2 Å². The van der Waals surface area contributed by atoms with Crippen LogP contribution in [-0.4, -0.2) is 42.3 Å². The lowest BCUT2D eigenvalue weighted by Gasteiger charge is -2.27. The van der Waals surface area contributed by atoms with Crippen molar-refractivity contribution in [2.75, 3.05) is 19.8 Å². The Balaban J connectivity index is 1.79. The Morgan fingerprint density at radius 1 is 1.21 bits per heavy atom. The van der Waals surface area contributed by atoms with Crippen molar-refractivity contribution in [2.24, 2.45) is 0 Å². The van der Waals surface area contributed by atoms with E-state index in [4.69, 9.17) is 14.6 Å². The molecule has 0 saturated heterocycles. The van der Waals surface area contributed by atoms with Gasteiger partial charge in [0.2, 0.25) is 0 Å². The molecule has 0 aliphatic heterocycles. The van der Waals surface area contributed by atoms with Gasteiger partial charge in [-0.05, 0) is 56.7 Å². The third-order valence-corrected chi connectivity index (χ3v) is 4.23. The van der Waals surface area contributed by atoms with Crippen molar-refractivity contribution >= 4 is 11.9 Å². The zero-order chi connectivity index (χ0) is 17.4. The molecule has 1 fully saturated rings. The van der Waals surface area contributed by atoms with Crippen LogP contribution >= 0.6 is 0 Å². The van der Waals surface area contributed by atoms with E-state index in [2.05, 4.69) is 5.32 Å². The highest BCUT2D eigenvalue weighted by Crippen LogP contribution is 2.33. The van der Waals surface area contributed by atoms with E-state index in [-0.39, 0.29) is 12.5 Å². The summed E-state index contributed by atoms with van der Waals surface area (Å²) < 4.78 is 10.8. The Bertz CT molecular complexity index is 549. The van der Waals surface area contributed by atoms with E-state index in [9.17, 15) is 9.59 Å². The van der Waals surface area contributed by atoms with Gasteiger partial charge in [-0.1, -0.05) is 12.1 Å². The molecule has 2 rings (SSSR count). The summed E-state index contributed by atoms with van der Waals surface area (Å²) in [5.41, 5.74) is 0.415. The number of hydrogen-bond donors (Lipinski definition) is 2. The van der Waals surface area contributed by atoms with Crippen molar-refractivity contribution in [2.45, 2.75) is 44.6 Å². The first-order valence-corrected chi connectivity index (χ1v) is 8.41. The summed E-state index contributed by atoms with van der Waals surface area (Å²) in [5, 5.41) is 11.6. The normalized spacial score (nSPS) is 15.9. The smallest absolute Gasteiger partial charge is 0.341 e. The maximum Gasteiger partial charge on any atom is 0.341 e. The first kappa shape index (κ1) is 18.3. The molecular formula is C18H25NO5. The highest BCUT2D eigenvalue weighted by atomic mass is 16.5. The molecule has 1 aromatic rings. The molecule has 6 heteroatoms. The van der Waals surface area contributed by atoms with Crippen LogP contribution in [0.1, 0.15) is 38.2 Å². The molecule has 0 spiro atoms. The number of ether oxygens (including phenoxy) is 2. The van der Waals surface area contributed by atoms with Crippen LogP contribution in [0.15, 0.2) is 24.3 Å². The van der Waals surface area contributed by atoms with Crippen molar-refractivity contribution in [3.63, 3.8) is 0 Å². The molecule has 6 nitrogen and oxygen atoms in total. The fourth-order valence-corrected chi connectivity index (χ4v) is 3.04. The first-order chi connectivity index (χ1) is 11.6. The van der Waals surface area contributed by atoms with Crippen LogP contribution < -0.4 is 10.1 Å². The van der Waals surface area contributed by atoms with Crippen LogP contribution in [0, 0.1) is 0 Å². The number of carbonyl (C=O) groups excluding carboxylic acids is 1. The molecule has 1 aliphatic carbocycles. The number of hydrogen-bond acceptors (Lipinski definition) is 4. The monoisotopic (exact) mass is 335 g/mol. The van der Waals surface area contributed by atoms with E-state index < -0.39 is 11.6 Å². The second kappa shape index (κ2) is 8.68. The van der Waals surface area contributed by atoms with Gasteiger partial charge in [0.05, 0.1) is 0 Å². The second-order valence-corrected chi connectivity index (χ2v) is 5.97. The number of carboxylic acid groups (broad SMARTS) is 1. The van der Waals surface area contributed by atoms with E-state index in [1.807, 2.05) is 19.1 Å². The first-order valence-electron chi connectivity index (χ1n) is 8.41. The van der Waals surface area contributed by atoms with Gasteiger partial charge in [-0.25, -0.2) is 4.79 Å². The largest absolute Gasteiger partial charge is 0.482 e. The number of benzene rings is 1. The summed E-state index contributed by atoms with van der Waals surface area (Å²) in [7, 11) is 0. The summed E-state index contributed by atoms with van der Waals surface area (Å²) in [6.07, 6.45) is 4.36. The molecule has 1 aliphatic rings. The predicted molar refractivity (Wildman–Crippen MR) is 89.1 cm³/mol. The molecular weight excluding hydrogens is 310 g/mol. The van der Waals surface area contributed by atoms with Gasteiger partial charge in [0.15, 0.2) is 6.61 Å². The van der Waals surface area contributed by atoms with Gasteiger partial charge in [-0.2, -0.15) is 0 Å². The van der Waals surface area contributed by atoms with Crippen molar-refractivity contribution in [3.05, 3.63) is 29.8 Å². The number of carboxylic acids is 1. The lowest BCUT2D eigenvalue weighted by Crippen LogP contribution is -2.47. The molecule has 0 atom stereocenters. The molecule has 1 aromatic carbocycles. The molecule has 0 radical (unpaired) electrons.